The highest BCUT2D eigenvalue weighted by Crippen LogP contribution is 2.29. The Hall–Kier alpha value is -4.46. The van der Waals surface area contributed by atoms with Crippen LogP contribution in [0.1, 0.15) is 58.7 Å². The van der Waals surface area contributed by atoms with E-state index in [9.17, 15) is 10.1 Å². The van der Waals surface area contributed by atoms with Crippen molar-refractivity contribution in [2.45, 2.75) is 53.2 Å². The Morgan fingerprint density at radius 1 is 1.18 bits per heavy atom. The number of nitrogens with zero attached hydrogens (tertiary/aromatic N) is 9. The molecule has 204 valence electrons. The van der Waals surface area contributed by atoms with E-state index in [1.165, 1.54) is 0 Å². The van der Waals surface area contributed by atoms with Crippen LogP contribution in [0.4, 0.5) is 4.79 Å². The molecule has 39 heavy (non-hydrogen) atoms. The van der Waals surface area contributed by atoms with E-state index in [2.05, 4.69) is 38.1 Å². The maximum Gasteiger partial charge on any atom is 0.410 e. The molecule has 1 amide bonds. The minimum atomic E-state index is -0.529. The molecule has 1 fully saturated rings. The third kappa shape index (κ3) is 6.17. The third-order valence-electron chi connectivity index (χ3n) is 6.39. The Balaban J connectivity index is 1.61. The summed E-state index contributed by atoms with van der Waals surface area (Å²) in [5, 5.41) is 22.7. The largest absolute Gasteiger partial charge is 0.444 e. The number of carbonyl (C=O) groups excluding carboxylic acids is 1. The minimum Gasteiger partial charge on any atom is -0.444 e. The number of carbonyl (C=O) groups is 1. The summed E-state index contributed by atoms with van der Waals surface area (Å²) in [5.74, 6) is 0.708. The lowest BCUT2D eigenvalue weighted by atomic mass is 10.0. The molecule has 0 aliphatic carbocycles. The molecule has 0 spiro atoms. The first-order chi connectivity index (χ1) is 18.5. The quantitative estimate of drug-likeness (QED) is 0.340. The van der Waals surface area contributed by atoms with Gasteiger partial charge in [0.1, 0.15) is 23.2 Å². The second-order valence-electron chi connectivity index (χ2n) is 10.8. The summed E-state index contributed by atoms with van der Waals surface area (Å²) in [7, 11) is 0. The van der Waals surface area contributed by atoms with E-state index in [1.807, 2.05) is 72.2 Å². The van der Waals surface area contributed by atoms with E-state index in [1.54, 1.807) is 20.3 Å². The van der Waals surface area contributed by atoms with Gasteiger partial charge < -0.3 is 14.5 Å². The molecule has 4 rings (SSSR count). The molecule has 1 aliphatic heterocycles. The number of nitriles is 1. The van der Waals surface area contributed by atoms with Crippen LogP contribution in [-0.2, 0) is 4.74 Å². The van der Waals surface area contributed by atoms with Gasteiger partial charge in [-0.15, -0.1) is 5.10 Å². The molecule has 0 aromatic carbocycles. The highest BCUT2D eigenvalue weighted by molar-refractivity contribution is 5.84. The van der Waals surface area contributed by atoms with E-state index in [0.29, 0.717) is 37.6 Å². The van der Waals surface area contributed by atoms with E-state index in [-0.39, 0.29) is 12.1 Å². The van der Waals surface area contributed by atoms with Crippen molar-refractivity contribution in [1.29, 1.82) is 5.26 Å². The molecule has 3 aromatic rings. The number of pyridine rings is 1. The fourth-order valence-electron chi connectivity index (χ4n) is 4.30. The van der Waals surface area contributed by atoms with Gasteiger partial charge >= 0.3 is 6.09 Å². The number of aliphatic imine (C=N–C) groups is 1. The minimum absolute atomic E-state index is 0.187. The van der Waals surface area contributed by atoms with Gasteiger partial charge in [0, 0.05) is 49.5 Å². The van der Waals surface area contributed by atoms with Crippen molar-refractivity contribution in [1.82, 2.24) is 34.4 Å². The van der Waals surface area contributed by atoms with E-state index in [0.717, 1.165) is 27.9 Å². The summed E-state index contributed by atoms with van der Waals surface area (Å²) in [6.45, 7) is 17.7. The normalized spacial score (nSPS) is 15.1. The average molecular weight is 530 g/mol. The van der Waals surface area contributed by atoms with Gasteiger partial charge in [-0.3, -0.25) is 0 Å². The zero-order valence-electron chi connectivity index (χ0n) is 23.4. The van der Waals surface area contributed by atoms with Crippen molar-refractivity contribution in [3.05, 3.63) is 53.8 Å². The molecular weight excluding hydrogens is 494 g/mol. The molecule has 0 radical (unpaired) electrons. The molecule has 1 saturated heterocycles. The number of amides is 1. The molecule has 0 saturated carbocycles. The lowest BCUT2D eigenvalue weighted by Crippen LogP contribution is -2.49. The lowest BCUT2D eigenvalue weighted by molar-refractivity contribution is 0.0168. The average Bonchev–Trinajstić information content (AvgIpc) is 3.55. The van der Waals surface area contributed by atoms with Crippen molar-refractivity contribution in [2.75, 3.05) is 26.2 Å². The fourth-order valence-corrected chi connectivity index (χ4v) is 4.30. The Labute approximate surface area is 228 Å². The Kier molecular flexibility index (Phi) is 7.85. The van der Waals surface area contributed by atoms with Crippen LogP contribution in [0.3, 0.4) is 0 Å². The van der Waals surface area contributed by atoms with Crippen molar-refractivity contribution < 1.29 is 9.53 Å². The number of allylic oxidation sites excluding steroid dienone is 3. The van der Waals surface area contributed by atoms with Crippen LogP contribution in [-0.4, -0.2) is 79.0 Å². The molecule has 1 aliphatic rings. The molecular formula is C28H35N9O2. The van der Waals surface area contributed by atoms with Crippen LogP contribution >= 0.6 is 0 Å². The smallest absolute Gasteiger partial charge is 0.410 e. The van der Waals surface area contributed by atoms with E-state index < -0.39 is 5.60 Å². The van der Waals surface area contributed by atoms with Crippen molar-refractivity contribution in [3.8, 4) is 17.3 Å². The molecule has 0 bridgehead atoms. The van der Waals surface area contributed by atoms with Crippen LogP contribution in [0.5, 0.6) is 0 Å². The van der Waals surface area contributed by atoms with Gasteiger partial charge in [0.15, 0.2) is 0 Å². The van der Waals surface area contributed by atoms with Crippen LogP contribution in [0, 0.1) is 11.3 Å². The van der Waals surface area contributed by atoms with Crippen LogP contribution in [0.15, 0.2) is 47.6 Å². The molecule has 0 unspecified atom stereocenters. The SMILES string of the molecule is C=N/C(=C\C=C(/C)c1cc(-c2cn(C(C)C)nn2)cn2ncc(C#N)c12)N1CCN(C(=O)OC(C)(C)C)CC1. The van der Waals surface area contributed by atoms with Crippen molar-refractivity contribution in [2.24, 2.45) is 4.99 Å². The summed E-state index contributed by atoms with van der Waals surface area (Å²) in [5.41, 5.74) is 4.02. The third-order valence-corrected chi connectivity index (χ3v) is 6.39. The van der Waals surface area contributed by atoms with Crippen LogP contribution in [0.2, 0.25) is 0 Å². The summed E-state index contributed by atoms with van der Waals surface area (Å²) < 4.78 is 9.01. The second-order valence-corrected chi connectivity index (χ2v) is 10.8. The zero-order valence-corrected chi connectivity index (χ0v) is 23.4. The fraction of sp³-hybridized carbons (Fsp3) is 0.429. The molecule has 11 heteroatoms. The molecule has 11 nitrogen and oxygen atoms in total. The summed E-state index contributed by atoms with van der Waals surface area (Å²) in [6.07, 6.45) is 8.89. The van der Waals surface area contributed by atoms with Crippen LogP contribution < -0.4 is 0 Å². The van der Waals surface area contributed by atoms with Gasteiger partial charge in [-0.25, -0.2) is 19.0 Å². The van der Waals surface area contributed by atoms with Crippen molar-refractivity contribution >= 4 is 23.9 Å². The van der Waals surface area contributed by atoms with Crippen LogP contribution in [0.25, 0.3) is 22.3 Å². The molecule has 0 atom stereocenters. The monoisotopic (exact) mass is 529 g/mol. The van der Waals surface area contributed by atoms with Gasteiger partial charge in [-0.2, -0.15) is 10.4 Å². The number of hydrogen-bond acceptors (Lipinski definition) is 8. The number of aromatic nitrogens is 5. The first-order valence-corrected chi connectivity index (χ1v) is 12.9. The number of ether oxygens (including phenoxy) is 1. The first-order valence-electron chi connectivity index (χ1n) is 12.9. The lowest BCUT2D eigenvalue weighted by Gasteiger charge is -2.36. The van der Waals surface area contributed by atoms with Gasteiger partial charge in [0.25, 0.3) is 0 Å². The maximum absolute atomic E-state index is 12.4. The first kappa shape index (κ1) is 27.6. The zero-order chi connectivity index (χ0) is 28.3. The number of hydrogen-bond donors (Lipinski definition) is 0. The molecule has 0 N–H and O–H groups in total. The maximum atomic E-state index is 12.4. The number of fused-ring (bicyclic) bond motifs is 1. The van der Waals surface area contributed by atoms with Gasteiger partial charge in [0.05, 0.1) is 23.5 Å². The highest BCUT2D eigenvalue weighted by atomic mass is 16.6. The number of piperazine rings is 1. The van der Waals surface area contributed by atoms with Gasteiger partial charge in [-0.05, 0) is 66.0 Å². The van der Waals surface area contributed by atoms with E-state index in [4.69, 9.17) is 4.74 Å². The standard InChI is InChI=1S/C28H35N9O2/c1-19(2)36-18-24(32-33-36)21-14-23(26-22(15-29)16-31-37(26)17-21)20(3)8-9-25(30-7)34-10-12-35(13-11-34)27(38)39-28(4,5)6/h8-9,14,16-19H,7,10-13H2,1-6H3/b20-8+,25-9+. The highest BCUT2D eigenvalue weighted by Gasteiger charge is 2.26. The van der Waals surface area contributed by atoms with Crippen molar-refractivity contribution in [3.63, 3.8) is 0 Å². The summed E-state index contributed by atoms with van der Waals surface area (Å²) in [4.78, 5) is 20.5. The number of rotatable bonds is 6. The topological polar surface area (TPSA) is 117 Å². The molecule has 3 aromatic heterocycles. The summed E-state index contributed by atoms with van der Waals surface area (Å²) >= 11 is 0. The van der Waals surface area contributed by atoms with E-state index >= 15 is 0 Å². The second kappa shape index (κ2) is 11.1. The Morgan fingerprint density at radius 2 is 1.87 bits per heavy atom. The Bertz CT molecular complexity index is 1470. The Morgan fingerprint density at radius 3 is 2.46 bits per heavy atom. The van der Waals surface area contributed by atoms with Gasteiger partial charge in [0.2, 0.25) is 0 Å². The predicted octanol–water partition coefficient (Wildman–Crippen LogP) is 4.54. The molecule has 4 heterocycles. The van der Waals surface area contributed by atoms with Gasteiger partial charge in [-0.1, -0.05) is 11.3 Å². The summed E-state index contributed by atoms with van der Waals surface area (Å²) in [6, 6.07) is 4.44. The predicted molar refractivity (Wildman–Crippen MR) is 150 cm³/mol.